The number of halogens is 6. The first kappa shape index (κ1) is 23.1. The predicted molar refractivity (Wildman–Crippen MR) is 62.1 cm³/mol. The maximum absolute atomic E-state index is 12.0. The van der Waals surface area contributed by atoms with E-state index in [-0.39, 0.29) is 8.99 Å². The van der Waals surface area contributed by atoms with Crippen molar-refractivity contribution in [3.63, 3.8) is 0 Å². The third kappa shape index (κ3) is 6.83. The Kier molecular flexibility index (Phi) is 6.43. The second-order valence-corrected chi connectivity index (χ2v) is 11.0. The highest BCUT2D eigenvalue weighted by atomic mass is 32.2. The van der Waals surface area contributed by atoms with E-state index in [4.69, 9.17) is 19.6 Å². The third-order valence-electron chi connectivity index (χ3n) is 1.38. The Labute approximate surface area is 124 Å². The smallest absolute Gasteiger partial charge is 0.199 e. The van der Waals surface area contributed by atoms with E-state index in [1.54, 1.807) is 0 Å². The summed E-state index contributed by atoms with van der Waals surface area (Å²) in [7, 11) is -24.7. The van der Waals surface area contributed by atoms with Crippen molar-refractivity contribution in [3.8, 4) is 0 Å². The quantitative estimate of drug-likeness (QED) is 0.196. The largest absolute Gasteiger partial charge is 0.514 e. The van der Waals surface area contributed by atoms with Crippen molar-refractivity contribution in [2.75, 3.05) is 0 Å². The van der Waals surface area contributed by atoms with Gasteiger partial charge in [0.2, 0.25) is 0 Å². The summed E-state index contributed by atoms with van der Waals surface area (Å²) in [6.45, 7) is 0. The van der Waals surface area contributed by atoms with Crippen LogP contribution in [0, 0.1) is 0 Å². The van der Waals surface area contributed by atoms with Crippen LogP contribution < -0.4 is 13.8 Å². The normalized spacial score (nSPS) is 15.7. The lowest BCUT2D eigenvalue weighted by atomic mass is 11.6. The van der Waals surface area contributed by atoms with Crippen molar-refractivity contribution in [1.82, 2.24) is 13.8 Å². The zero-order valence-corrected chi connectivity index (χ0v) is 13.3. The van der Waals surface area contributed by atoms with Crippen LogP contribution in [-0.2, 0) is 20.0 Å². The zero-order chi connectivity index (χ0) is 19.1. The van der Waals surface area contributed by atoms with Gasteiger partial charge in [-0.25, -0.2) is 0 Å². The molecule has 23 heavy (non-hydrogen) atoms. The lowest BCUT2D eigenvalue weighted by molar-refractivity contribution is -0.0447. The molecular weight excluding hydrogens is 434 g/mol. The fourth-order valence-electron chi connectivity index (χ4n) is 0.674. The topological polar surface area (TPSA) is 185 Å². The minimum Gasteiger partial charge on any atom is -0.199 e. The average molecular weight is 441 g/mol. The summed E-state index contributed by atoms with van der Waals surface area (Å²) in [4.78, 5) is 36.1. The zero-order valence-electron chi connectivity index (χ0n) is 9.90. The molecule has 0 fully saturated rings. The van der Waals surface area contributed by atoms with Crippen LogP contribution in [0.2, 0.25) is 0 Å². The number of hydrogen-bond donors (Lipinski definition) is 7. The molecule has 0 aliphatic carbocycles. The molecule has 0 spiro atoms. The van der Waals surface area contributed by atoms with Crippen LogP contribution in [0.5, 0.6) is 0 Å². The first-order valence-electron chi connectivity index (χ1n) is 4.31. The molecule has 7 N–H and O–H groups in total. The molecule has 140 valence electrons. The summed E-state index contributed by atoms with van der Waals surface area (Å²) in [5, 5.41) is 0. The van der Waals surface area contributed by atoms with Gasteiger partial charge in [-0.1, -0.05) is 0 Å². The van der Waals surface area contributed by atoms with E-state index in [1.165, 1.54) is 0 Å². The number of nitrogens with one attached hydrogen (secondary N) is 3. The molecule has 0 saturated carbocycles. The molecule has 0 bridgehead atoms. The first-order chi connectivity index (χ1) is 9.62. The number of hydrogen-bond acceptors (Lipinski definition) is 9. The van der Waals surface area contributed by atoms with Crippen LogP contribution in [0.1, 0.15) is 0 Å². The molecule has 0 unspecified atom stereocenters. The fourth-order valence-corrected chi connectivity index (χ4v) is 6.80. The van der Waals surface area contributed by atoms with Gasteiger partial charge in [-0.05, 0) is 8.99 Å². The molecule has 0 aromatic carbocycles. The predicted octanol–water partition coefficient (Wildman–Crippen LogP) is -1.22. The Morgan fingerprint density at radius 2 is 0.870 bits per heavy atom. The molecule has 0 radical (unpaired) electrons. The lowest BCUT2D eigenvalue weighted by Crippen LogP contribution is -2.43. The monoisotopic (exact) mass is 441 g/mol. The van der Waals surface area contributed by atoms with Crippen LogP contribution in [0.15, 0.2) is 0 Å². The molecule has 0 atom stereocenters. The number of rotatable bonds is 6. The van der Waals surface area contributed by atoms with Gasteiger partial charge in [-0.2, -0.15) is 62.8 Å². The Bertz CT molecular complexity index is 584. The molecule has 0 aromatic rings. The van der Waals surface area contributed by atoms with Crippen LogP contribution in [0.4, 0.5) is 26.3 Å². The van der Waals surface area contributed by atoms with E-state index in [0.717, 1.165) is 0 Å². The standard InChI is InChI=1S/C2H7F6N3O8P2S2/c3-1(4,5)22(16,17)10-20(12,13)9-21(14,15)11-23(18,19)2(6,7)8/h9-15H/q+2. The molecule has 0 aliphatic rings. The van der Waals surface area contributed by atoms with Gasteiger partial charge in [0.15, 0.2) is 0 Å². The van der Waals surface area contributed by atoms with Gasteiger partial charge in [0.05, 0.1) is 4.86 Å². The molecule has 0 saturated heterocycles. The minimum absolute atomic E-state index is 0.103. The van der Waals surface area contributed by atoms with Crippen molar-refractivity contribution >= 4 is 36.1 Å². The Morgan fingerprint density at radius 3 is 1.04 bits per heavy atom. The highest BCUT2D eigenvalue weighted by Crippen LogP contribution is 2.57. The molecule has 0 aliphatic heterocycles. The molecule has 0 rings (SSSR count). The van der Waals surface area contributed by atoms with Crippen molar-refractivity contribution in [3.05, 3.63) is 0 Å². The van der Waals surface area contributed by atoms with E-state index < -0.39 is 47.1 Å². The second-order valence-electron chi connectivity index (χ2n) is 3.38. The summed E-state index contributed by atoms with van der Waals surface area (Å²) < 4.78 is 114. The lowest BCUT2D eigenvalue weighted by Gasteiger charge is -2.17. The highest BCUT2D eigenvalue weighted by Gasteiger charge is 2.63. The van der Waals surface area contributed by atoms with E-state index in [2.05, 4.69) is 0 Å². The van der Waals surface area contributed by atoms with Gasteiger partial charge in [0.25, 0.3) is 0 Å². The Hall–Kier alpha value is 0.0600. The van der Waals surface area contributed by atoms with Gasteiger partial charge >= 0.3 is 47.1 Å². The third-order valence-corrected chi connectivity index (χ3v) is 8.79. The molecule has 0 heterocycles. The Morgan fingerprint density at radius 1 is 0.652 bits per heavy atom. The van der Waals surface area contributed by atoms with Crippen LogP contribution in [-0.4, -0.2) is 47.4 Å². The molecule has 11 nitrogen and oxygen atoms in total. The molecule has 0 amide bonds. The van der Waals surface area contributed by atoms with E-state index in [0.29, 0.717) is 4.86 Å². The van der Waals surface area contributed by atoms with Crippen molar-refractivity contribution < 1.29 is 62.8 Å². The first-order valence-corrected chi connectivity index (χ1v) is 10.7. The van der Waals surface area contributed by atoms with Gasteiger partial charge in [-0.3, -0.25) is 0 Å². The van der Waals surface area contributed by atoms with Crippen molar-refractivity contribution in [2.24, 2.45) is 0 Å². The van der Waals surface area contributed by atoms with Crippen LogP contribution in [0.25, 0.3) is 0 Å². The van der Waals surface area contributed by atoms with E-state index in [1.807, 2.05) is 0 Å². The van der Waals surface area contributed by atoms with Crippen LogP contribution >= 0.6 is 16.0 Å². The van der Waals surface area contributed by atoms with Crippen LogP contribution in [0.3, 0.4) is 0 Å². The van der Waals surface area contributed by atoms with Gasteiger partial charge in [-0.15, -0.1) is 0 Å². The maximum atomic E-state index is 12.0. The maximum Gasteiger partial charge on any atom is 0.514 e. The highest BCUT2D eigenvalue weighted by molar-refractivity contribution is 8.00. The summed E-state index contributed by atoms with van der Waals surface area (Å²) in [5.74, 6) is 0. The molecular formula is C2H7F6N3O8P2S2+2. The van der Waals surface area contributed by atoms with Crippen molar-refractivity contribution in [2.45, 2.75) is 11.0 Å². The summed E-state index contributed by atoms with van der Waals surface area (Å²) >= 11 is 0. The summed E-state index contributed by atoms with van der Waals surface area (Å²) in [6.07, 6.45) is 0. The minimum atomic E-state index is -6.47. The van der Waals surface area contributed by atoms with E-state index >= 15 is 0 Å². The Balaban J connectivity index is 5.32. The second kappa shape index (κ2) is 6.41. The number of alkyl halides is 6. The summed E-state index contributed by atoms with van der Waals surface area (Å²) in [6, 6.07) is 0. The summed E-state index contributed by atoms with van der Waals surface area (Å²) in [5.41, 5.74) is -12.2. The molecule has 0 aromatic heterocycles. The SMILES string of the molecule is O=S(=O)(N[P+](O)(O)N[P+](O)(O)NS(=O)(=O)C(F)(F)F)C(F)(F)F. The van der Waals surface area contributed by atoms with Gasteiger partial charge in [0.1, 0.15) is 0 Å². The number of sulfonamides is 2. The van der Waals surface area contributed by atoms with Gasteiger partial charge in [0, 0.05) is 0 Å². The van der Waals surface area contributed by atoms with E-state index in [9.17, 15) is 43.2 Å². The van der Waals surface area contributed by atoms with Gasteiger partial charge < -0.3 is 0 Å². The average Bonchev–Trinajstić information content (AvgIpc) is 2.05. The fraction of sp³-hybridized carbons (Fsp3) is 1.00. The van der Waals surface area contributed by atoms with Crippen molar-refractivity contribution in [1.29, 1.82) is 0 Å². The molecule has 21 heteroatoms.